The number of nitrogens with one attached hydrogen (secondary N) is 19. The molecule has 0 spiro atoms. The molecule has 0 aromatic carbocycles. The lowest BCUT2D eigenvalue weighted by Crippen LogP contribution is -2.61. The highest BCUT2D eigenvalue weighted by molar-refractivity contribution is 7.98. The summed E-state index contributed by atoms with van der Waals surface area (Å²) in [6.07, 6.45) is 4.26. The van der Waals surface area contributed by atoms with Crippen molar-refractivity contribution in [2.75, 3.05) is 71.2 Å². The van der Waals surface area contributed by atoms with Gasteiger partial charge in [0, 0.05) is 31.4 Å². The van der Waals surface area contributed by atoms with E-state index in [1.54, 1.807) is 47.8 Å². The molecule has 53 heteroatoms. The number of carbonyl (C=O) groups is 20. The maximum Gasteiger partial charge on any atom is 0.325 e. The van der Waals surface area contributed by atoms with Crippen molar-refractivity contribution in [3.8, 4) is 0 Å². The number of guanidine groups is 1. The Kier molecular flexibility index (Phi) is 53.1. The number of hydrogen-bond acceptors (Lipinski definition) is 30. The minimum Gasteiger partial charge on any atom is -0.480 e. The van der Waals surface area contributed by atoms with Crippen LogP contribution in [0.3, 0.4) is 0 Å². The Morgan fingerprint density at radius 3 is 1.34 bits per heavy atom. The third kappa shape index (κ3) is 41.2. The van der Waals surface area contributed by atoms with E-state index in [0.29, 0.717) is 25.0 Å². The number of nitrogens with two attached hydrogens (primary N) is 4. The number of rotatable bonds is 61. The van der Waals surface area contributed by atoms with Crippen molar-refractivity contribution in [3.63, 3.8) is 0 Å². The van der Waals surface area contributed by atoms with Crippen LogP contribution in [0.2, 0.25) is 0 Å². The van der Waals surface area contributed by atoms with Crippen molar-refractivity contribution < 1.29 is 127 Å². The largest absolute Gasteiger partial charge is 0.480 e. The number of nitrogens with zero attached hydrogens (tertiary/aromatic N) is 3. The number of aromatic nitrogens is 2. The van der Waals surface area contributed by atoms with E-state index in [2.05, 4.69) is 105 Å². The predicted molar refractivity (Wildman–Crippen MR) is 482 cm³/mol. The van der Waals surface area contributed by atoms with Gasteiger partial charge in [0.15, 0.2) is 5.96 Å². The van der Waals surface area contributed by atoms with Gasteiger partial charge in [0.2, 0.25) is 112 Å². The van der Waals surface area contributed by atoms with Crippen LogP contribution in [0.1, 0.15) is 153 Å². The van der Waals surface area contributed by atoms with Gasteiger partial charge in [0.05, 0.1) is 58.0 Å². The van der Waals surface area contributed by atoms with E-state index in [-0.39, 0.29) is 82.2 Å². The molecule has 1 aromatic heterocycles. The summed E-state index contributed by atoms with van der Waals surface area (Å²) in [7, 11) is 0. The summed E-state index contributed by atoms with van der Waals surface area (Å²) in [5.41, 5.74) is 23.2. The molecule has 0 bridgehead atoms. The molecule has 1 aliphatic rings. The number of H-pyrrole nitrogens is 1. The Hall–Kier alpha value is -12.0. The van der Waals surface area contributed by atoms with Gasteiger partial charge >= 0.3 is 5.97 Å². The highest BCUT2D eigenvalue weighted by Gasteiger charge is 2.43. The molecular weight excluding hydrogens is 1790 g/mol. The maximum atomic E-state index is 14.6. The molecule has 1 saturated heterocycles. The molecule has 0 aliphatic carbocycles. The highest BCUT2D eigenvalue weighted by atomic mass is 32.2. The number of carboxylic acids is 1. The number of likely N-dealkylation sites (tertiary alicyclic amines) is 1. The molecule has 19 atom stereocenters. The van der Waals surface area contributed by atoms with Crippen LogP contribution < -0.4 is 119 Å². The first-order valence-electron chi connectivity index (χ1n) is 43.9. The first-order valence-corrected chi connectivity index (χ1v) is 45.3. The number of hydrogen-bond donors (Lipinski definition) is 29. The number of aromatic amines is 1. The van der Waals surface area contributed by atoms with Crippen molar-refractivity contribution in [1.29, 1.82) is 0 Å². The van der Waals surface area contributed by atoms with E-state index in [0.717, 1.165) is 13.8 Å². The molecule has 1 aliphatic heterocycles. The average molecular weight is 1930 g/mol. The van der Waals surface area contributed by atoms with Crippen molar-refractivity contribution in [2.45, 2.75) is 269 Å². The number of unbranched alkanes of at least 4 members (excludes halogenated alkanes) is 1. The summed E-state index contributed by atoms with van der Waals surface area (Å²) >= 11 is 1.26. The summed E-state index contributed by atoms with van der Waals surface area (Å²) in [5, 5.41) is 103. The smallest absolute Gasteiger partial charge is 0.325 e. The summed E-state index contributed by atoms with van der Waals surface area (Å²) in [5.74, 6) is -21.8. The third-order valence-electron chi connectivity index (χ3n) is 20.8. The van der Waals surface area contributed by atoms with Gasteiger partial charge in [-0.3, -0.25) is 101 Å². The minimum absolute atomic E-state index is 0.0108. The molecule has 0 unspecified atom stereocenters. The predicted octanol–water partition coefficient (Wildman–Crippen LogP) is -12.3. The van der Waals surface area contributed by atoms with Crippen molar-refractivity contribution in [1.82, 2.24) is 111 Å². The fourth-order valence-corrected chi connectivity index (χ4v) is 13.5. The Morgan fingerprint density at radius 2 is 0.866 bits per heavy atom. The second-order valence-corrected chi connectivity index (χ2v) is 34.7. The summed E-state index contributed by atoms with van der Waals surface area (Å²) in [6.45, 7) is 13.3. The molecule has 2 heterocycles. The van der Waals surface area contributed by atoms with Gasteiger partial charge in [-0.1, -0.05) is 55.4 Å². The Labute approximate surface area is 779 Å². The first kappa shape index (κ1) is 118. The van der Waals surface area contributed by atoms with Crippen LogP contribution in [0.4, 0.5) is 0 Å². The molecule has 33 N–H and O–H groups in total. The topological polar surface area (TPSA) is 828 Å². The van der Waals surface area contributed by atoms with Gasteiger partial charge < -0.3 is 159 Å². The normalized spacial score (nSPS) is 16.4. The summed E-state index contributed by atoms with van der Waals surface area (Å²) < 4.78 is 0. The fraction of sp³-hybridized carbons (Fsp3) is 0.704. The second kappa shape index (κ2) is 60.3. The number of aliphatic hydroxyl groups excluding tert-OH is 5. The maximum absolute atomic E-state index is 14.6. The van der Waals surface area contributed by atoms with Crippen LogP contribution in [0, 0.1) is 23.7 Å². The van der Waals surface area contributed by atoms with Gasteiger partial charge in [-0.2, -0.15) is 11.8 Å². The zero-order valence-electron chi connectivity index (χ0n) is 78.0. The second-order valence-electron chi connectivity index (χ2n) is 33.7. The fourth-order valence-electron chi connectivity index (χ4n) is 13.0. The quantitative estimate of drug-likeness (QED) is 0.0164. The highest BCUT2D eigenvalue weighted by Crippen LogP contribution is 2.22. The number of carbonyl (C=O) groups excluding carboxylic acids is 19. The molecular formula is C81H140N26O26S. The lowest BCUT2D eigenvalue weighted by molar-refractivity contribution is -0.143. The Bertz CT molecular complexity index is 4140. The minimum atomic E-state index is -1.77. The van der Waals surface area contributed by atoms with E-state index < -0.39 is 290 Å². The van der Waals surface area contributed by atoms with E-state index >= 15 is 0 Å². The zero-order chi connectivity index (χ0) is 102. The van der Waals surface area contributed by atoms with Crippen molar-refractivity contribution >= 4 is 136 Å². The monoisotopic (exact) mass is 1930 g/mol. The van der Waals surface area contributed by atoms with Gasteiger partial charge in [-0.15, -0.1) is 0 Å². The van der Waals surface area contributed by atoms with Gasteiger partial charge in [-0.05, 0) is 135 Å². The number of amides is 19. The molecule has 1 aromatic rings. The van der Waals surface area contributed by atoms with Crippen LogP contribution in [0.15, 0.2) is 17.5 Å². The summed E-state index contributed by atoms with van der Waals surface area (Å²) in [4.78, 5) is 282. The Balaban J connectivity index is 2.11. The number of carboxylic acid groups (broad SMARTS) is 1. The van der Waals surface area contributed by atoms with E-state index in [9.17, 15) is 121 Å². The summed E-state index contributed by atoms with van der Waals surface area (Å²) in [6, 6.07) is -26.3. The van der Waals surface area contributed by atoms with Crippen LogP contribution in [-0.2, 0) is 102 Å². The van der Waals surface area contributed by atoms with Crippen LogP contribution >= 0.6 is 11.8 Å². The van der Waals surface area contributed by atoms with Gasteiger partial charge in [0.1, 0.15) is 103 Å². The van der Waals surface area contributed by atoms with Crippen molar-refractivity contribution in [3.05, 3.63) is 18.2 Å². The first-order chi connectivity index (χ1) is 62.9. The number of aliphatic carboxylic acids is 1. The van der Waals surface area contributed by atoms with E-state index in [4.69, 9.17) is 28.0 Å². The van der Waals surface area contributed by atoms with E-state index in [1.165, 1.54) is 63.8 Å². The molecule has 0 radical (unpaired) electrons. The Morgan fingerprint density at radius 1 is 0.463 bits per heavy atom. The average Bonchev–Trinajstić information content (AvgIpc) is 1.66. The van der Waals surface area contributed by atoms with Crippen molar-refractivity contribution in [2.24, 2.45) is 51.6 Å². The lowest BCUT2D eigenvalue weighted by Gasteiger charge is -2.32. The number of thioether (sulfide) groups is 1. The van der Waals surface area contributed by atoms with Crippen LogP contribution in [-0.4, -0.2) is 356 Å². The van der Waals surface area contributed by atoms with Crippen LogP contribution in [0.5, 0.6) is 0 Å². The molecule has 756 valence electrons. The molecule has 19 amide bonds. The molecule has 2 rings (SSSR count). The lowest BCUT2D eigenvalue weighted by atomic mass is 9.99. The SMILES string of the molecule is CSCC[C@H](NC(=O)[C@H](CO)NC(=O)[C@H](CC(C)C)NC(=O)CNC(=O)[C@@H](NC(=O)[C@@H](NC(=O)[C@H](C)NC(=O)[C@H](CO)NC(=O)CNC(=O)[C@@H](NC(=O)[C@@H]1CCCN1C(=O)[C@H](CCCCN)NC(=O)[C@@H](NC(=O)[C@H](Cc1cnc[nH]1)NC(=O)[C@@H](N)CCCN=C(N)N)C(C)C)[C@@H](C)O)C(C)C)C(C)C)C(=O)N[C@@H](C)C(=O)N[C@@H](C)C(=O)N[C@@H](CO)C(=O)N[C@@H](CO)C(=O)N[C@@H](C)C(=O)O. The van der Waals surface area contributed by atoms with E-state index in [1.807, 2.05) is 5.32 Å². The standard InChI is InChI=1S/C81H140N26O26S/c1-37(2)27-50(68(120)101-55(35-111)72(124)97-48(22-26-134-14)67(119)92-41(9)63(115)91-42(10)64(116)100-54(34-110)73(125)102-53(33-109)71(123)94-44(12)80(132)133)95-57(113)30-88-75(127)59(38(3)4)105-78(130)61(40(7)8)103-65(117)43(11)93-70(122)52(32-108)96-58(114)31-89-76(128)62(45(13)112)106-74(126)56-21-18-25-107(56)79(131)49(20-15-16-23-82)98-77(129)60(39(5)6)104-69(121)51(28-46-29-86-36-90-46)99-66(118)47(83)19-17-24-87-81(84)85/h29,36-45,47-56,59-62,108-112H,15-28,30-35,82-83H2,1-14H3,(H,86,90)(H,88,127)(H,89,128)(H,91,115)(H,92,119)(H,93,122)(H,94,123)(H,95,113)(H,96,114)(H,97,124)(H,98,129)(H,99,118)(H,100,116)(H,101,120)(H,102,125)(H,103,117)(H,104,121)(H,105,130)(H,106,126)(H,132,133)(H4,84,85,87)/t41-,42-,43-,44-,45+,47-,48-,49-,50-,51-,52-,53-,54-,55-,56-,59-,60-,61-,62-/m0/s1. The molecule has 134 heavy (non-hydrogen) atoms. The molecule has 1 fully saturated rings. The molecule has 0 saturated carbocycles. The molecule has 52 nitrogen and oxygen atoms in total. The van der Waals surface area contributed by atoms with Gasteiger partial charge in [0.25, 0.3) is 0 Å². The zero-order valence-corrected chi connectivity index (χ0v) is 78.8. The number of aliphatic imine (C=N–C) groups is 1. The van der Waals surface area contributed by atoms with Crippen LogP contribution in [0.25, 0.3) is 0 Å². The number of imidazole rings is 1. The number of aliphatic hydroxyl groups is 5. The third-order valence-corrected chi connectivity index (χ3v) is 21.5. The van der Waals surface area contributed by atoms with Gasteiger partial charge in [-0.25, -0.2) is 4.98 Å².